The predicted octanol–water partition coefficient (Wildman–Crippen LogP) is 6.04. The van der Waals surface area contributed by atoms with Gasteiger partial charge >= 0.3 is 0 Å². The van der Waals surface area contributed by atoms with Crippen LogP contribution in [0.2, 0.25) is 0 Å². The maximum absolute atomic E-state index is 12.4. The molecule has 0 saturated heterocycles. The summed E-state index contributed by atoms with van der Waals surface area (Å²) < 4.78 is 6.06. The molecule has 2 aromatic heterocycles. The molecule has 0 aliphatic heterocycles. The van der Waals surface area contributed by atoms with E-state index in [2.05, 4.69) is 10.3 Å². The molecule has 4 aromatic rings. The number of amides is 1. The van der Waals surface area contributed by atoms with Crippen LogP contribution < -0.4 is 5.32 Å². The van der Waals surface area contributed by atoms with E-state index >= 15 is 0 Å². The average molecular weight is 421 g/mol. The quantitative estimate of drug-likeness (QED) is 0.370. The number of nitrogens with zero attached hydrogens (tertiary/aromatic N) is 1. The summed E-state index contributed by atoms with van der Waals surface area (Å²) in [5.74, 6) is 0.918. The average Bonchev–Trinajstić information content (AvgIpc) is 3.44. The SMILES string of the molecule is C[C@H](NC(=O)CSc1nc(-c2ccccc2)c(-c2ccccc2)o1)c1cccs1. The molecule has 0 spiro atoms. The highest BCUT2D eigenvalue weighted by Gasteiger charge is 2.18. The van der Waals surface area contributed by atoms with Gasteiger partial charge < -0.3 is 9.73 Å². The molecule has 0 fully saturated rings. The lowest BCUT2D eigenvalue weighted by molar-refractivity contribution is -0.119. The molecule has 0 saturated carbocycles. The largest absolute Gasteiger partial charge is 0.431 e. The summed E-state index contributed by atoms with van der Waals surface area (Å²) in [6, 6.07) is 23.9. The number of carbonyl (C=O) groups excluding carboxylic acids is 1. The predicted molar refractivity (Wildman–Crippen MR) is 119 cm³/mol. The van der Waals surface area contributed by atoms with Crippen LogP contribution in [0.4, 0.5) is 0 Å². The van der Waals surface area contributed by atoms with E-state index in [1.54, 1.807) is 11.3 Å². The summed E-state index contributed by atoms with van der Waals surface area (Å²) >= 11 is 2.94. The number of benzene rings is 2. The van der Waals surface area contributed by atoms with Crippen molar-refractivity contribution in [1.29, 1.82) is 0 Å². The minimum absolute atomic E-state index is 0.00702. The minimum Gasteiger partial charge on any atom is -0.431 e. The molecular weight excluding hydrogens is 400 g/mol. The van der Waals surface area contributed by atoms with E-state index in [0.717, 1.165) is 21.7 Å². The Kier molecular flexibility index (Phi) is 6.12. The first kappa shape index (κ1) is 19.5. The Hall–Kier alpha value is -2.83. The zero-order valence-electron chi connectivity index (χ0n) is 15.9. The van der Waals surface area contributed by atoms with Crippen LogP contribution in [0, 0.1) is 0 Å². The number of aromatic nitrogens is 1. The number of nitrogens with one attached hydrogen (secondary N) is 1. The zero-order valence-corrected chi connectivity index (χ0v) is 17.5. The number of rotatable bonds is 7. The van der Waals surface area contributed by atoms with E-state index in [-0.39, 0.29) is 17.7 Å². The van der Waals surface area contributed by atoms with Gasteiger partial charge in [0.2, 0.25) is 5.91 Å². The molecule has 146 valence electrons. The van der Waals surface area contributed by atoms with Crippen LogP contribution in [-0.4, -0.2) is 16.6 Å². The molecule has 0 bridgehead atoms. The Balaban J connectivity index is 1.51. The molecule has 0 radical (unpaired) electrons. The fourth-order valence-corrected chi connectivity index (χ4v) is 4.33. The second kappa shape index (κ2) is 9.11. The van der Waals surface area contributed by atoms with Crippen molar-refractivity contribution in [3.8, 4) is 22.6 Å². The van der Waals surface area contributed by atoms with Crippen molar-refractivity contribution in [3.63, 3.8) is 0 Å². The molecule has 4 rings (SSSR count). The van der Waals surface area contributed by atoms with E-state index in [1.165, 1.54) is 11.8 Å². The lowest BCUT2D eigenvalue weighted by atomic mass is 10.1. The van der Waals surface area contributed by atoms with E-state index in [9.17, 15) is 4.79 Å². The van der Waals surface area contributed by atoms with Gasteiger partial charge in [-0.2, -0.15) is 0 Å². The first-order chi connectivity index (χ1) is 14.2. The van der Waals surface area contributed by atoms with E-state index in [1.807, 2.05) is 85.1 Å². The van der Waals surface area contributed by atoms with Crippen molar-refractivity contribution in [2.75, 3.05) is 5.75 Å². The molecule has 4 nitrogen and oxygen atoms in total. The third kappa shape index (κ3) is 4.78. The second-order valence-corrected chi connectivity index (χ2v) is 8.39. The third-order valence-corrected chi connectivity index (χ3v) is 6.25. The van der Waals surface area contributed by atoms with Crippen LogP contribution in [0.1, 0.15) is 17.8 Å². The van der Waals surface area contributed by atoms with Gasteiger partial charge in [0.25, 0.3) is 5.22 Å². The number of oxazole rings is 1. The summed E-state index contributed by atoms with van der Waals surface area (Å²) in [6.45, 7) is 1.99. The zero-order chi connectivity index (χ0) is 20.1. The maximum Gasteiger partial charge on any atom is 0.257 e. The van der Waals surface area contributed by atoms with E-state index in [4.69, 9.17) is 4.42 Å². The first-order valence-corrected chi connectivity index (χ1v) is 11.1. The molecule has 6 heteroatoms. The smallest absolute Gasteiger partial charge is 0.257 e. The molecule has 29 heavy (non-hydrogen) atoms. The van der Waals surface area contributed by atoms with Crippen LogP contribution in [0.25, 0.3) is 22.6 Å². The van der Waals surface area contributed by atoms with Gasteiger partial charge in [-0.05, 0) is 18.4 Å². The Morgan fingerprint density at radius 1 is 1.03 bits per heavy atom. The topological polar surface area (TPSA) is 55.1 Å². The van der Waals surface area contributed by atoms with Crippen molar-refractivity contribution in [1.82, 2.24) is 10.3 Å². The van der Waals surface area contributed by atoms with Crippen LogP contribution in [0.5, 0.6) is 0 Å². The molecular formula is C23H20N2O2S2. The molecule has 1 atom stereocenters. The standard InChI is InChI=1S/C23H20N2O2S2/c1-16(19-13-8-14-28-19)24-20(26)15-29-23-25-21(17-9-4-2-5-10-17)22(27-23)18-11-6-3-7-12-18/h2-14,16H,15H2,1H3,(H,24,26)/t16-/m0/s1. The van der Waals surface area contributed by atoms with Gasteiger partial charge in [-0.1, -0.05) is 78.5 Å². The molecule has 0 aliphatic rings. The molecule has 1 amide bonds. The van der Waals surface area contributed by atoms with Crippen LogP contribution in [-0.2, 0) is 4.79 Å². The summed E-state index contributed by atoms with van der Waals surface area (Å²) in [5, 5.41) is 5.52. The lowest BCUT2D eigenvalue weighted by Crippen LogP contribution is -2.27. The Labute approximate surface area is 178 Å². The van der Waals surface area contributed by atoms with Gasteiger partial charge in [-0.3, -0.25) is 4.79 Å². The fourth-order valence-electron chi connectivity index (χ4n) is 2.96. The summed E-state index contributed by atoms with van der Waals surface area (Å²) in [4.78, 5) is 18.2. The molecule has 2 heterocycles. The number of carbonyl (C=O) groups is 1. The first-order valence-electron chi connectivity index (χ1n) is 9.28. The second-order valence-electron chi connectivity index (χ2n) is 6.48. The number of hydrogen-bond donors (Lipinski definition) is 1. The summed E-state index contributed by atoms with van der Waals surface area (Å²) in [5.41, 5.74) is 2.73. The van der Waals surface area contributed by atoms with Crippen molar-refractivity contribution in [3.05, 3.63) is 83.1 Å². The van der Waals surface area contributed by atoms with Gasteiger partial charge in [0, 0.05) is 16.0 Å². The van der Waals surface area contributed by atoms with Crippen molar-refractivity contribution < 1.29 is 9.21 Å². The van der Waals surface area contributed by atoms with Gasteiger partial charge in [0.05, 0.1) is 11.8 Å². The van der Waals surface area contributed by atoms with Gasteiger partial charge in [0.1, 0.15) is 5.69 Å². The molecule has 1 N–H and O–H groups in total. The third-order valence-electron chi connectivity index (χ3n) is 4.36. The van der Waals surface area contributed by atoms with Crippen LogP contribution in [0.15, 0.2) is 87.8 Å². The normalized spacial score (nSPS) is 11.9. The molecule has 0 aliphatic carbocycles. The Morgan fingerprint density at radius 3 is 2.38 bits per heavy atom. The minimum atomic E-state index is -0.0448. The van der Waals surface area contributed by atoms with Crippen molar-refractivity contribution in [2.24, 2.45) is 0 Å². The Morgan fingerprint density at radius 2 is 1.72 bits per heavy atom. The van der Waals surface area contributed by atoms with Gasteiger partial charge in [-0.25, -0.2) is 4.98 Å². The van der Waals surface area contributed by atoms with Crippen molar-refractivity contribution in [2.45, 2.75) is 18.2 Å². The highest BCUT2D eigenvalue weighted by atomic mass is 32.2. The highest BCUT2D eigenvalue weighted by Crippen LogP contribution is 2.35. The number of thiophene rings is 1. The van der Waals surface area contributed by atoms with E-state index in [0.29, 0.717) is 11.0 Å². The number of thioether (sulfide) groups is 1. The summed E-state index contributed by atoms with van der Waals surface area (Å²) in [7, 11) is 0. The summed E-state index contributed by atoms with van der Waals surface area (Å²) in [6.07, 6.45) is 0. The van der Waals surface area contributed by atoms with Crippen LogP contribution >= 0.6 is 23.1 Å². The monoisotopic (exact) mass is 420 g/mol. The van der Waals surface area contributed by atoms with E-state index < -0.39 is 0 Å². The fraction of sp³-hybridized carbons (Fsp3) is 0.130. The van der Waals surface area contributed by atoms with Gasteiger partial charge in [0.15, 0.2) is 5.76 Å². The lowest BCUT2D eigenvalue weighted by Gasteiger charge is -2.11. The van der Waals surface area contributed by atoms with Crippen LogP contribution in [0.3, 0.4) is 0 Å². The highest BCUT2D eigenvalue weighted by molar-refractivity contribution is 7.99. The van der Waals surface area contributed by atoms with Crippen molar-refractivity contribution >= 4 is 29.0 Å². The molecule has 2 aromatic carbocycles. The van der Waals surface area contributed by atoms with Gasteiger partial charge in [-0.15, -0.1) is 11.3 Å². The molecule has 0 unspecified atom stereocenters. The maximum atomic E-state index is 12.4. The Bertz CT molecular complexity index is 1000. The number of hydrogen-bond acceptors (Lipinski definition) is 5.